The number of carbonyl (C=O) groups is 1. The lowest BCUT2D eigenvalue weighted by Gasteiger charge is -2.41. The Labute approximate surface area is 86.1 Å². The van der Waals surface area contributed by atoms with Gasteiger partial charge in [0.25, 0.3) is 0 Å². The predicted molar refractivity (Wildman–Crippen MR) is 56.3 cm³/mol. The first-order valence-electron chi connectivity index (χ1n) is 5.64. The van der Waals surface area contributed by atoms with Gasteiger partial charge in [-0.3, -0.25) is 14.6 Å². The van der Waals surface area contributed by atoms with Crippen LogP contribution < -0.4 is 0 Å². The number of Topliss-reactive ketones (excluding diaryl/α,β-unsaturated/α-hetero) is 1. The van der Waals surface area contributed by atoms with Crippen molar-refractivity contribution < 1.29 is 4.79 Å². The zero-order chi connectivity index (χ0) is 10.1. The van der Waals surface area contributed by atoms with Gasteiger partial charge in [0.15, 0.2) is 0 Å². The third kappa shape index (κ3) is 1.98. The lowest BCUT2D eigenvalue weighted by Crippen LogP contribution is -2.55. The molecule has 0 aromatic carbocycles. The van der Waals surface area contributed by atoms with Crippen LogP contribution in [0.2, 0.25) is 0 Å². The van der Waals surface area contributed by atoms with Crippen LogP contribution in [0.5, 0.6) is 0 Å². The highest BCUT2D eigenvalue weighted by Gasteiger charge is 2.34. The number of nitrogens with zero attached hydrogens (tertiary/aromatic N) is 2. The molecule has 14 heavy (non-hydrogen) atoms. The van der Waals surface area contributed by atoms with E-state index in [1.165, 1.54) is 19.4 Å². The molecule has 2 unspecified atom stereocenters. The second-order valence-electron chi connectivity index (χ2n) is 4.77. The zero-order valence-corrected chi connectivity index (χ0v) is 9.20. The SMILES string of the molecule is CC(=O)CN1CC2CCCN2CC1C. The molecule has 0 aromatic rings. The minimum Gasteiger partial charge on any atom is -0.299 e. The first-order valence-corrected chi connectivity index (χ1v) is 5.64. The first-order chi connectivity index (χ1) is 6.66. The van der Waals surface area contributed by atoms with E-state index in [1.807, 2.05) is 0 Å². The van der Waals surface area contributed by atoms with Crippen molar-refractivity contribution in [2.24, 2.45) is 0 Å². The molecule has 0 bridgehead atoms. The molecular formula is C11H20N2O. The molecule has 80 valence electrons. The number of rotatable bonds is 2. The van der Waals surface area contributed by atoms with Crippen LogP contribution in [0.15, 0.2) is 0 Å². The van der Waals surface area contributed by atoms with E-state index in [-0.39, 0.29) is 0 Å². The third-order valence-electron chi connectivity index (χ3n) is 3.49. The molecule has 3 nitrogen and oxygen atoms in total. The topological polar surface area (TPSA) is 23.6 Å². The molecule has 0 N–H and O–H groups in total. The largest absolute Gasteiger partial charge is 0.299 e. The van der Waals surface area contributed by atoms with Gasteiger partial charge in [-0.05, 0) is 33.2 Å². The number of fused-ring (bicyclic) bond motifs is 1. The number of hydrogen-bond donors (Lipinski definition) is 0. The molecular weight excluding hydrogens is 176 g/mol. The maximum absolute atomic E-state index is 11.1. The first kappa shape index (κ1) is 10.1. The van der Waals surface area contributed by atoms with Gasteiger partial charge in [0.1, 0.15) is 5.78 Å². The molecule has 3 heteroatoms. The quantitative estimate of drug-likeness (QED) is 0.651. The minimum atomic E-state index is 0.295. The highest BCUT2D eigenvalue weighted by molar-refractivity contribution is 5.77. The fourth-order valence-corrected chi connectivity index (χ4v) is 2.75. The Balaban J connectivity index is 1.95. The van der Waals surface area contributed by atoms with Gasteiger partial charge >= 0.3 is 0 Å². The Morgan fingerprint density at radius 3 is 2.93 bits per heavy atom. The summed E-state index contributed by atoms with van der Waals surface area (Å²) in [5.74, 6) is 0.295. The highest BCUT2D eigenvalue weighted by atomic mass is 16.1. The molecule has 0 radical (unpaired) electrons. The fraction of sp³-hybridized carbons (Fsp3) is 0.909. The van der Waals surface area contributed by atoms with E-state index in [2.05, 4.69) is 16.7 Å². The summed E-state index contributed by atoms with van der Waals surface area (Å²) in [6.07, 6.45) is 2.66. The van der Waals surface area contributed by atoms with E-state index in [0.717, 1.165) is 19.1 Å². The van der Waals surface area contributed by atoms with E-state index in [0.29, 0.717) is 18.4 Å². The van der Waals surface area contributed by atoms with E-state index in [9.17, 15) is 4.79 Å². The van der Waals surface area contributed by atoms with Gasteiger partial charge in [-0.2, -0.15) is 0 Å². The maximum atomic E-state index is 11.1. The van der Waals surface area contributed by atoms with Gasteiger partial charge in [-0.25, -0.2) is 0 Å². The lowest BCUT2D eigenvalue weighted by atomic mass is 10.1. The number of ketones is 1. The molecule has 0 aromatic heterocycles. The molecule has 2 fully saturated rings. The molecule has 0 spiro atoms. The van der Waals surface area contributed by atoms with Crippen LogP contribution in [-0.2, 0) is 4.79 Å². The molecule has 2 aliphatic rings. The summed E-state index contributed by atoms with van der Waals surface area (Å²) in [4.78, 5) is 16.0. The monoisotopic (exact) mass is 196 g/mol. The molecule has 0 saturated carbocycles. The third-order valence-corrected chi connectivity index (χ3v) is 3.49. The number of piperazine rings is 1. The maximum Gasteiger partial charge on any atom is 0.143 e. The van der Waals surface area contributed by atoms with E-state index in [4.69, 9.17) is 0 Å². The smallest absolute Gasteiger partial charge is 0.143 e. The molecule has 2 rings (SSSR count). The summed E-state index contributed by atoms with van der Waals surface area (Å²) >= 11 is 0. The number of carbonyl (C=O) groups excluding carboxylic acids is 1. The lowest BCUT2D eigenvalue weighted by molar-refractivity contribution is -0.119. The average Bonchev–Trinajstić information content (AvgIpc) is 2.51. The minimum absolute atomic E-state index is 0.295. The van der Waals surface area contributed by atoms with Crippen LogP contribution in [-0.4, -0.2) is 53.8 Å². The number of hydrogen-bond acceptors (Lipinski definition) is 3. The standard InChI is InChI=1S/C11H20N2O/c1-9-6-12-5-3-4-11(12)8-13(9)7-10(2)14/h9,11H,3-8H2,1-2H3. The van der Waals surface area contributed by atoms with Crippen molar-refractivity contribution in [1.29, 1.82) is 0 Å². The predicted octanol–water partition coefficient (Wildman–Crippen LogP) is 0.744. The second-order valence-corrected chi connectivity index (χ2v) is 4.77. The van der Waals surface area contributed by atoms with E-state index in [1.54, 1.807) is 6.92 Å². The van der Waals surface area contributed by atoms with Crippen LogP contribution in [0.1, 0.15) is 26.7 Å². The van der Waals surface area contributed by atoms with Gasteiger partial charge in [0, 0.05) is 25.2 Å². The molecule has 2 heterocycles. The van der Waals surface area contributed by atoms with Crippen LogP contribution in [0.4, 0.5) is 0 Å². The normalized spacial score (nSPS) is 34.4. The average molecular weight is 196 g/mol. The zero-order valence-electron chi connectivity index (χ0n) is 9.20. The van der Waals surface area contributed by atoms with Crippen molar-refractivity contribution in [3.8, 4) is 0 Å². The molecule has 0 aliphatic carbocycles. The Bertz CT molecular complexity index is 229. The van der Waals surface area contributed by atoms with Gasteiger partial charge < -0.3 is 0 Å². The van der Waals surface area contributed by atoms with Crippen LogP contribution in [0.3, 0.4) is 0 Å². The van der Waals surface area contributed by atoms with Crippen molar-refractivity contribution in [3.63, 3.8) is 0 Å². The summed E-state index contributed by atoms with van der Waals surface area (Å²) in [5, 5.41) is 0. The molecule has 2 aliphatic heterocycles. The summed E-state index contributed by atoms with van der Waals surface area (Å²) < 4.78 is 0. The van der Waals surface area contributed by atoms with Crippen molar-refractivity contribution in [1.82, 2.24) is 9.80 Å². The van der Waals surface area contributed by atoms with E-state index < -0.39 is 0 Å². The van der Waals surface area contributed by atoms with Gasteiger partial charge in [0.2, 0.25) is 0 Å². The molecule has 2 saturated heterocycles. The van der Waals surface area contributed by atoms with Gasteiger partial charge in [0.05, 0.1) is 6.54 Å². The van der Waals surface area contributed by atoms with Crippen molar-refractivity contribution in [3.05, 3.63) is 0 Å². The van der Waals surface area contributed by atoms with Crippen LogP contribution >= 0.6 is 0 Å². The summed E-state index contributed by atoms with van der Waals surface area (Å²) in [6, 6.07) is 1.28. The highest BCUT2D eigenvalue weighted by Crippen LogP contribution is 2.24. The van der Waals surface area contributed by atoms with Gasteiger partial charge in [-0.15, -0.1) is 0 Å². The fourth-order valence-electron chi connectivity index (χ4n) is 2.75. The molecule has 2 atom stereocenters. The Kier molecular flexibility index (Phi) is 2.88. The van der Waals surface area contributed by atoms with Crippen molar-refractivity contribution in [2.45, 2.75) is 38.8 Å². The van der Waals surface area contributed by atoms with Crippen molar-refractivity contribution in [2.75, 3.05) is 26.2 Å². The van der Waals surface area contributed by atoms with E-state index >= 15 is 0 Å². The van der Waals surface area contributed by atoms with Crippen LogP contribution in [0, 0.1) is 0 Å². The summed E-state index contributed by atoms with van der Waals surface area (Å²) in [7, 11) is 0. The Morgan fingerprint density at radius 1 is 1.43 bits per heavy atom. The second kappa shape index (κ2) is 3.99. The molecule has 0 amide bonds. The Hall–Kier alpha value is -0.410. The van der Waals surface area contributed by atoms with Crippen molar-refractivity contribution >= 4 is 5.78 Å². The van der Waals surface area contributed by atoms with Gasteiger partial charge in [-0.1, -0.05) is 0 Å². The Morgan fingerprint density at radius 2 is 2.21 bits per heavy atom. The summed E-state index contributed by atoms with van der Waals surface area (Å²) in [5.41, 5.74) is 0. The van der Waals surface area contributed by atoms with Crippen LogP contribution in [0.25, 0.3) is 0 Å². The summed E-state index contributed by atoms with van der Waals surface area (Å²) in [6.45, 7) is 8.08.